The van der Waals surface area contributed by atoms with Crippen LogP contribution in [0.15, 0.2) is 0 Å². The highest BCUT2D eigenvalue weighted by Crippen LogP contribution is 2.20. The highest BCUT2D eigenvalue weighted by molar-refractivity contribution is 4.71. The van der Waals surface area contributed by atoms with Gasteiger partial charge in [-0.3, -0.25) is 0 Å². The average Bonchev–Trinajstić information content (AvgIpc) is 2.16. The van der Waals surface area contributed by atoms with Gasteiger partial charge in [0.05, 0.1) is 17.8 Å². The van der Waals surface area contributed by atoms with Crippen molar-refractivity contribution in [2.45, 2.75) is 84.8 Å². The Morgan fingerprint density at radius 1 is 0.706 bits per heavy atom. The average molecular weight is 244 g/mol. The summed E-state index contributed by atoms with van der Waals surface area (Å²) < 4.78 is 11.8. The molecule has 0 bridgehead atoms. The van der Waals surface area contributed by atoms with Gasteiger partial charge in [-0.2, -0.15) is 0 Å². The maximum atomic E-state index is 5.93. The predicted octanol–water partition coefficient (Wildman–Crippen LogP) is 4.57. The van der Waals surface area contributed by atoms with E-state index in [2.05, 4.69) is 41.5 Å². The Kier molecular flexibility index (Phi) is 8.06. The van der Waals surface area contributed by atoms with E-state index in [1.54, 1.807) is 0 Å². The summed E-state index contributed by atoms with van der Waals surface area (Å²) in [5, 5.41) is 0. The molecule has 0 saturated carbocycles. The molecule has 0 radical (unpaired) electrons. The third-order valence-corrected chi connectivity index (χ3v) is 3.04. The minimum absolute atomic E-state index is 0.00818. The molecule has 0 amide bonds. The maximum Gasteiger partial charge on any atom is 0.0648 e. The number of hydrogen-bond donors (Lipinski definition) is 0. The number of unbranched alkanes of at least 4 members (excludes halogenated alkanes) is 1. The van der Waals surface area contributed by atoms with Gasteiger partial charge in [-0.1, -0.05) is 26.7 Å². The zero-order valence-electron chi connectivity index (χ0n) is 12.8. The maximum absolute atomic E-state index is 5.93. The number of ether oxygens (including phenoxy) is 2. The molecule has 0 aromatic rings. The molecule has 0 aromatic carbocycles. The van der Waals surface area contributed by atoms with Crippen LogP contribution in [-0.4, -0.2) is 24.4 Å². The molecule has 2 nitrogen and oxygen atoms in total. The summed E-state index contributed by atoms with van der Waals surface area (Å²) in [7, 11) is 0. The lowest BCUT2D eigenvalue weighted by atomic mass is 10.0. The van der Waals surface area contributed by atoms with Crippen LogP contribution in [0.5, 0.6) is 0 Å². The first-order valence-corrected chi connectivity index (χ1v) is 7.11. The quantitative estimate of drug-likeness (QED) is 0.524. The Balaban J connectivity index is 3.77. The molecule has 104 valence electrons. The molecule has 0 aliphatic heterocycles. The van der Waals surface area contributed by atoms with E-state index in [1.807, 2.05) is 0 Å². The van der Waals surface area contributed by atoms with Crippen molar-refractivity contribution < 1.29 is 9.47 Å². The van der Waals surface area contributed by atoms with E-state index in [0.29, 0.717) is 0 Å². The predicted molar refractivity (Wildman–Crippen MR) is 74.5 cm³/mol. The lowest BCUT2D eigenvalue weighted by Crippen LogP contribution is -2.31. The minimum atomic E-state index is -0.0581. The van der Waals surface area contributed by atoms with Gasteiger partial charge in [-0.05, 0) is 47.0 Å². The Hall–Kier alpha value is -0.0800. The van der Waals surface area contributed by atoms with Crippen molar-refractivity contribution in [2.24, 2.45) is 0 Å². The monoisotopic (exact) mass is 244 g/mol. The molecule has 0 unspecified atom stereocenters. The molecule has 0 aliphatic carbocycles. The second-order valence-corrected chi connectivity index (χ2v) is 6.07. The first-order valence-electron chi connectivity index (χ1n) is 7.11. The van der Waals surface area contributed by atoms with E-state index in [1.165, 1.54) is 12.8 Å². The van der Waals surface area contributed by atoms with E-state index < -0.39 is 0 Å². The Bertz CT molecular complexity index is 185. The largest absolute Gasteiger partial charge is 0.375 e. The summed E-state index contributed by atoms with van der Waals surface area (Å²) in [6.07, 6.45) is 5.58. The Labute approximate surface area is 108 Å². The van der Waals surface area contributed by atoms with Gasteiger partial charge < -0.3 is 9.47 Å². The van der Waals surface area contributed by atoms with Crippen LogP contribution >= 0.6 is 0 Å². The van der Waals surface area contributed by atoms with Crippen LogP contribution in [0, 0.1) is 0 Å². The van der Waals surface area contributed by atoms with E-state index in [4.69, 9.17) is 9.47 Å². The molecular weight excluding hydrogens is 212 g/mol. The van der Waals surface area contributed by atoms with Crippen LogP contribution in [0.2, 0.25) is 0 Å². The van der Waals surface area contributed by atoms with Gasteiger partial charge in [0.2, 0.25) is 0 Å². The van der Waals surface area contributed by atoms with Crippen molar-refractivity contribution in [3.63, 3.8) is 0 Å². The van der Waals surface area contributed by atoms with Crippen LogP contribution in [0.4, 0.5) is 0 Å². The molecular formula is C15H32O2. The lowest BCUT2D eigenvalue weighted by Gasteiger charge is -2.29. The van der Waals surface area contributed by atoms with Gasteiger partial charge in [0, 0.05) is 6.61 Å². The van der Waals surface area contributed by atoms with Gasteiger partial charge in [-0.15, -0.1) is 0 Å². The van der Waals surface area contributed by atoms with E-state index >= 15 is 0 Å². The fraction of sp³-hybridized carbons (Fsp3) is 1.00. The van der Waals surface area contributed by atoms with Crippen molar-refractivity contribution in [2.75, 3.05) is 13.2 Å². The summed E-state index contributed by atoms with van der Waals surface area (Å²) in [6, 6.07) is 0. The van der Waals surface area contributed by atoms with Crippen molar-refractivity contribution in [1.82, 2.24) is 0 Å². The second-order valence-electron chi connectivity index (χ2n) is 6.07. The summed E-state index contributed by atoms with van der Waals surface area (Å²) in [6.45, 7) is 14.7. The second kappa shape index (κ2) is 8.10. The molecule has 0 N–H and O–H groups in total. The van der Waals surface area contributed by atoms with Crippen molar-refractivity contribution in [3.8, 4) is 0 Å². The van der Waals surface area contributed by atoms with Gasteiger partial charge in [0.15, 0.2) is 0 Å². The Morgan fingerprint density at radius 2 is 1.24 bits per heavy atom. The zero-order valence-corrected chi connectivity index (χ0v) is 12.8. The fourth-order valence-electron chi connectivity index (χ4n) is 1.81. The van der Waals surface area contributed by atoms with E-state index in [-0.39, 0.29) is 11.2 Å². The summed E-state index contributed by atoms with van der Waals surface area (Å²) >= 11 is 0. The molecule has 0 atom stereocenters. The zero-order chi connectivity index (χ0) is 13.4. The van der Waals surface area contributed by atoms with Crippen LogP contribution in [0.1, 0.15) is 73.6 Å². The molecule has 17 heavy (non-hydrogen) atoms. The molecule has 0 heterocycles. The van der Waals surface area contributed by atoms with Crippen molar-refractivity contribution >= 4 is 0 Å². The molecule has 0 aliphatic rings. The molecule has 0 rings (SSSR count). The normalized spacial score (nSPS) is 13.1. The number of rotatable bonds is 10. The molecule has 0 spiro atoms. The SMILES string of the molecule is CCCCOC(C)(C)CCOC(C)(C)CCC. The van der Waals surface area contributed by atoms with Crippen LogP contribution < -0.4 is 0 Å². The van der Waals surface area contributed by atoms with Crippen molar-refractivity contribution in [3.05, 3.63) is 0 Å². The van der Waals surface area contributed by atoms with E-state index in [0.717, 1.165) is 32.5 Å². The van der Waals surface area contributed by atoms with Gasteiger partial charge in [0.1, 0.15) is 0 Å². The summed E-state index contributed by atoms with van der Waals surface area (Å²) in [4.78, 5) is 0. The summed E-state index contributed by atoms with van der Waals surface area (Å²) in [5.41, 5.74) is -0.0499. The molecule has 0 fully saturated rings. The van der Waals surface area contributed by atoms with Crippen LogP contribution in [-0.2, 0) is 9.47 Å². The number of hydrogen-bond acceptors (Lipinski definition) is 2. The first-order chi connectivity index (χ1) is 7.83. The third kappa shape index (κ3) is 9.61. The van der Waals surface area contributed by atoms with Crippen LogP contribution in [0.25, 0.3) is 0 Å². The minimum Gasteiger partial charge on any atom is -0.375 e. The van der Waals surface area contributed by atoms with Crippen LogP contribution in [0.3, 0.4) is 0 Å². The highest BCUT2D eigenvalue weighted by atomic mass is 16.5. The highest BCUT2D eigenvalue weighted by Gasteiger charge is 2.21. The topological polar surface area (TPSA) is 18.5 Å². The molecule has 0 aromatic heterocycles. The smallest absolute Gasteiger partial charge is 0.0648 e. The summed E-state index contributed by atoms with van der Waals surface area (Å²) in [5.74, 6) is 0. The first kappa shape index (κ1) is 16.9. The van der Waals surface area contributed by atoms with E-state index in [9.17, 15) is 0 Å². The molecule has 2 heteroatoms. The standard InChI is InChI=1S/C15H32O2/c1-7-9-12-16-15(5,6)11-13-17-14(3,4)10-8-2/h7-13H2,1-6H3. The Morgan fingerprint density at radius 3 is 1.76 bits per heavy atom. The fourth-order valence-corrected chi connectivity index (χ4v) is 1.81. The van der Waals surface area contributed by atoms with Crippen molar-refractivity contribution in [1.29, 1.82) is 0 Å². The van der Waals surface area contributed by atoms with Gasteiger partial charge in [-0.25, -0.2) is 0 Å². The van der Waals surface area contributed by atoms with Gasteiger partial charge >= 0.3 is 0 Å². The third-order valence-electron chi connectivity index (χ3n) is 3.04. The van der Waals surface area contributed by atoms with Gasteiger partial charge in [0.25, 0.3) is 0 Å². The molecule has 0 saturated heterocycles. The lowest BCUT2D eigenvalue weighted by molar-refractivity contribution is -0.0748.